The van der Waals surface area contributed by atoms with E-state index in [1.165, 1.54) is 0 Å². The van der Waals surface area contributed by atoms with E-state index in [0.29, 0.717) is 13.0 Å². The first-order chi connectivity index (χ1) is 12.2. The second kappa shape index (κ2) is 10.5. The van der Waals surface area contributed by atoms with Crippen LogP contribution in [0.15, 0.2) is 54.6 Å². The Morgan fingerprint density at radius 2 is 1.84 bits per heavy atom. The number of ether oxygens (including phenoxy) is 2. The maximum atomic E-state index is 12.8. The van der Waals surface area contributed by atoms with Crippen LogP contribution in [-0.2, 0) is 16.0 Å². The number of carbonyl (C=O) groups excluding carboxylic acids is 1. The number of carbonyl (C=O) groups is 1. The predicted molar refractivity (Wildman–Crippen MR) is 100 cm³/mol. The van der Waals surface area contributed by atoms with E-state index < -0.39 is 0 Å². The molecule has 0 saturated heterocycles. The lowest BCUT2D eigenvalue weighted by Crippen LogP contribution is -2.31. The summed E-state index contributed by atoms with van der Waals surface area (Å²) in [6.07, 6.45) is 2.52. The van der Waals surface area contributed by atoms with Gasteiger partial charge in [-0.25, -0.2) is 0 Å². The van der Waals surface area contributed by atoms with E-state index in [1.807, 2.05) is 42.5 Å². The third-order valence-corrected chi connectivity index (χ3v) is 4.17. The fraction of sp³-hybridized carbons (Fsp3) is 0.381. The summed E-state index contributed by atoms with van der Waals surface area (Å²) in [7, 11) is 3.33. The fourth-order valence-electron chi connectivity index (χ4n) is 2.78. The molecular formula is C21H27NO3. The van der Waals surface area contributed by atoms with Crippen LogP contribution < -0.4 is 10.1 Å². The molecule has 2 aromatic carbocycles. The number of hydrogen-bond acceptors (Lipinski definition) is 3. The summed E-state index contributed by atoms with van der Waals surface area (Å²) in [4.78, 5) is 12.8. The van der Waals surface area contributed by atoms with Crippen LogP contribution in [0.2, 0.25) is 0 Å². The van der Waals surface area contributed by atoms with Crippen LogP contribution in [0.5, 0.6) is 5.75 Å². The molecule has 0 spiro atoms. The Bertz CT molecular complexity index is 643. The number of rotatable bonds is 10. The molecule has 4 heteroatoms. The first-order valence-corrected chi connectivity index (χ1v) is 8.69. The second-order valence-electron chi connectivity index (χ2n) is 6.01. The average Bonchev–Trinajstić information content (AvgIpc) is 2.66. The summed E-state index contributed by atoms with van der Waals surface area (Å²) in [5.74, 6) is 0.581. The summed E-state index contributed by atoms with van der Waals surface area (Å²) in [5, 5.41) is 3.06. The van der Waals surface area contributed by atoms with Crippen molar-refractivity contribution in [3.8, 4) is 5.75 Å². The van der Waals surface area contributed by atoms with Gasteiger partial charge in [0.05, 0.1) is 13.0 Å². The number of hydrogen-bond donors (Lipinski definition) is 1. The average molecular weight is 341 g/mol. The lowest BCUT2D eigenvalue weighted by Gasteiger charge is -2.18. The van der Waals surface area contributed by atoms with Gasteiger partial charge < -0.3 is 14.8 Å². The molecule has 0 fully saturated rings. The molecular weight excluding hydrogens is 314 g/mol. The monoisotopic (exact) mass is 341 g/mol. The lowest BCUT2D eigenvalue weighted by molar-refractivity contribution is -0.122. The number of benzene rings is 2. The molecule has 2 aromatic rings. The first-order valence-electron chi connectivity index (χ1n) is 8.69. The van der Waals surface area contributed by atoms with Gasteiger partial charge in [0, 0.05) is 20.3 Å². The van der Waals surface area contributed by atoms with Crippen molar-refractivity contribution < 1.29 is 14.3 Å². The molecule has 0 aliphatic heterocycles. The molecule has 1 amide bonds. The van der Waals surface area contributed by atoms with Crippen LogP contribution in [0.4, 0.5) is 0 Å². The molecule has 0 bridgehead atoms. The summed E-state index contributed by atoms with van der Waals surface area (Å²) in [6.45, 7) is 1.39. The van der Waals surface area contributed by atoms with Crippen LogP contribution in [0.3, 0.4) is 0 Å². The Kier molecular flexibility index (Phi) is 7.99. The number of amides is 1. The molecule has 0 aliphatic carbocycles. The molecule has 2 rings (SSSR count). The van der Waals surface area contributed by atoms with Crippen molar-refractivity contribution in [2.75, 3.05) is 27.4 Å². The largest absolute Gasteiger partial charge is 0.497 e. The number of unbranched alkanes of at least 4 members (excludes halogenated alkanes) is 1. The van der Waals surface area contributed by atoms with Gasteiger partial charge in [-0.15, -0.1) is 0 Å². The van der Waals surface area contributed by atoms with E-state index in [-0.39, 0.29) is 11.8 Å². The zero-order valence-corrected chi connectivity index (χ0v) is 15.0. The third-order valence-electron chi connectivity index (χ3n) is 4.17. The van der Waals surface area contributed by atoms with Crippen molar-refractivity contribution in [2.24, 2.45) is 0 Å². The third kappa shape index (κ3) is 6.24. The molecule has 1 unspecified atom stereocenters. The topological polar surface area (TPSA) is 47.6 Å². The van der Waals surface area contributed by atoms with Gasteiger partial charge in [-0.05, 0) is 42.5 Å². The molecule has 0 aliphatic rings. The van der Waals surface area contributed by atoms with E-state index in [9.17, 15) is 4.79 Å². The van der Waals surface area contributed by atoms with Crippen molar-refractivity contribution in [1.82, 2.24) is 5.32 Å². The van der Waals surface area contributed by atoms with Crippen molar-refractivity contribution in [1.29, 1.82) is 0 Å². The Balaban J connectivity index is 2.09. The van der Waals surface area contributed by atoms with Crippen LogP contribution in [-0.4, -0.2) is 33.3 Å². The van der Waals surface area contributed by atoms with Gasteiger partial charge in [0.25, 0.3) is 0 Å². The Morgan fingerprint density at radius 3 is 2.56 bits per heavy atom. The molecule has 0 aromatic heterocycles. The summed E-state index contributed by atoms with van der Waals surface area (Å²) < 4.78 is 10.4. The van der Waals surface area contributed by atoms with Crippen molar-refractivity contribution >= 4 is 5.91 Å². The van der Waals surface area contributed by atoms with Crippen LogP contribution >= 0.6 is 0 Å². The van der Waals surface area contributed by atoms with Gasteiger partial charge in [-0.3, -0.25) is 4.79 Å². The highest BCUT2D eigenvalue weighted by molar-refractivity contribution is 5.84. The van der Waals surface area contributed by atoms with Gasteiger partial charge >= 0.3 is 0 Å². The fourth-order valence-corrected chi connectivity index (χ4v) is 2.78. The van der Waals surface area contributed by atoms with Gasteiger partial charge in [-0.2, -0.15) is 0 Å². The molecule has 0 heterocycles. The van der Waals surface area contributed by atoms with Crippen molar-refractivity contribution in [2.45, 2.75) is 25.2 Å². The van der Waals surface area contributed by atoms with Crippen LogP contribution in [0, 0.1) is 0 Å². The Labute approximate surface area is 150 Å². The highest BCUT2D eigenvalue weighted by atomic mass is 16.5. The molecule has 134 valence electrons. The molecule has 25 heavy (non-hydrogen) atoms. The smallest absolute Gasteiger partial charge is 0.227 e. The van der Waals surface area contributed by atoms with Gasteiger partial charge in [0.1, 0.15) is 5.75 Å². The quantitative estimate of drug-likeness (QED) is 0.672. The molecule has 4 nitrogen and oxygen atoms in total. The summed E-state index contributed by atoms with van der Waals surface area (Å²) in [6, 6.07) is 17.8. The highest BCUT2D eigenvalue weighted by Crippen LogP contribution is 2.25. The molecule has 1 atom stereocenters. The predicted octanol–water partition coefficient (Wildman–Crippen LogP) is 3.56. The van der Waals surface area contributed by atoms with E-state index in [4.69, 9.17) is 9.47 Å². The minimum absolute atomic E-state index is 0.0505. The number of methoxy groups -OCH3 is 2. The SMILES string of the molecule is COCCCCNC(=O)C(Cc1ccccc1)c1cccc(OC)c1. The molecule has 0 radical (unpaired) electrons. The molecule has 0 saturated carbocycles. The molecule has 1 N–H and O–H groups in total. The number of nitrogens with one attached hydrogen (secondary N) is 1. The standard InChI is InChI=1S/C21H27NO3/c1-24-14-7-6-13-22-21(23)20(15-17-9-4-3-5-10-17)18-11-8-12-19(16-18)25-2/h3-5,8-12,16,20H,6-7,13-15H2,1-2H3,(H,22,23). The van der Waals surface area contributed by atoms with E-state index >= 15 is 0 Å². The van der Waals surface area contributed by atoms with Gasteiger partial charge in [-0.1, -0.05) is 42.5 Å². The Morgan fingerprint density at radius 1 is 1.04 bits per heavy atom. The van der Waals surface area contributed by atoms with Crippen LogP contribution in [0.25, 0.3) is 0 Å². The minimum Gasteiger partial charge on any atom is -0.497 e. The first kappa shape index (κ1) is 19.0. The normalized spacial score (nSPS) is 11.8. The van der Waals surface area contributed by atoms with E-state index in [0.717, 1.165) is 36.3 Å². The van der Waals surface area contributed by atoms with Gasteiger partial charge in [0.15, 0.2) is 0 Å². The zero-order chi connectivity index (χ0) is 17.9. The van der Waals surface area contributed by atoms with Crippen molar-refractivity contribution in [3.63, 3.8) is 0 Å². The highest BCUT2D eigenvalue weighted by Gasteiger charge is 2.21. The van der Waals surface area contributed by atoms with Gasteiger partial charge in [0.2, 0.25) is 5.91 Å². The van der Waals surface area contributed by atoms with E-state index in [1.54, 1.807) is 14.2 Å². The Hall–Kier alpha value is -2.33. The summed E-state index contributed by atoms with van der Waals surface area (Å²) in [5.41, 5.74) is 2.11. The summed E-state index contributed by atoms with van der Waals surface area (Å²) >= 11 is 0. The lowest BCUT2D eigenvalue weighted by atomic mass is 9.91. The second-order valence-corrected chi connectivity index (χ2v) is 6.01. The van der Waals surface area contributed by atoms with Crippen LogP contribution in [0.1, 0.15) is 29.9 Å². The minimum atomic E-state index is -0.236. The van der Waals surface area contributed by atoms with E-state index in [2.05, 4.69) is 17.4 Å². The maximum Gasteiger partial charge on any atom is 0.227 e. The maximum absolute atomic E-state index is 12.8. The van der Waals surface area contributed by atoms with Crippen molar-refractivity contribution in [3.05, 3.63) is 65.7 Å². The zero-order valence-electron chi connectivity index (χ0n) is 15.0.